The maximum Gasteiger partial charge on any atom is 0.439 e. The number of nitrogens with zero attached hydrogens (tertiary/aromatic N) is 3. The lowest BCUT2D eigenvalue weighted by atomic mass is 10.0. The number of nitrogens with two attached hydrogens (primary N) is 1. The summed E-state index contributed by atoms with van der Waals surface area (Å²) in [6.45, 7) is 0.134. The third-order valence-electron chi connectivity index (χ3n) is 6.04. The van der Waals surface area contributed by atoms with Gasteiger partial charge in [-0.1, -0.05) is 37.9 Å². The maximum absolute atomic E-state index is 12.9. The number of fused-ring (bicyclic) bond motifs is 1. The normalized spacial score (nSPS) is 15.0. The average molecular weight is 537 g/mol. The van der Waals surface area contributed by atoms with Crippen molar-refractivity contribution in [1.29, 1.82) is 0 Å². The van der Waals surface area contributed by atoms with Gasteiger partial charge < -0.3 is 10.6 Å². The van der Waals surface area contributed by atoms with Gasteiger partial charge in [-0.05, 0) is 41.7 Å². The highest BCUT2D eigenvalue weighted by atomic mass is 32.2. The van der Waals surface area contributed by atoms with E-state index in [0.717, 1.165) is 23.9 Å². The number of carbonyl (C=O) groups excluding carboxylic acids is 2. The summed E-state index contributed by atoms with van der Waals surface area (Å²) in [6.07, 6.45) is 2.56. The number of aromatic amines is 1. The van der Waals surface area contributed by atoms with Crippen molar-refractivity contribution in [3.63, 3.8) is 0 Å². The molecule has 2 aromatic carbocycles. The Bertz CT molecular complexity index is 1600. The molecule has 4 aromatic rings. The van der Waals surface area contributed by atoms with Crippen LogP contribution in [0.4, 0.5) is 0 Å². The predicted molar refractivity (Wildman–Crippen MR) is 134 cm³/mol. The lowest BCUT2D eigenvalue weighted by Crippen LogP contribution is -2.29. The monoisotopic (exact) mass is 536 g/mol. The van der Waals surface area contributed by atoms with E-state index in [1.54, 1.807) is 30.3 Å². The summed E-state index contributed by atoms with van der Waals surface area (Å²) in [5.74, 6) is 3.74. The molecule has 13 nitrogen and oxygen atoms in total. The van der Waals surface area contributed by atoms with Gasteiger partial charge in [0.05, 0.1) is 6.04 Å². The van der Waals surface area contributed by atoms with Gasteiger partial charge in [0.2, 0.25) is 0 Å². The predicted octanol–water partition coefficient (Wildman–Crippen LogP) is 1.03. The molecule has 2 heterocycles. The zero-order valence-electron chi connectivity index (χ0n) is 19.7. The molecular weight excluding hydrogens is 514 g/mol. The Kier molecular flexibility index (Phi) is 7.17. The van der Waals surface area contributed by atoms with Gasteiger partial charge in [0, 0.05) is 24.2 Å². The van der Waals surface area contributed by atoms with Gasteiger partial charge in [-0.25, -0.2) is 14.8 Å². The van der Waals surface area contributed by atoms with Crippen LogP contribution in [0.5, 0.6) is 0 Å². The number of hydrogen-bond donors (Lipinski definition) is 4. The van der Waals surface area contributed by atoms with E-state index in [9.17, 15) is 18.6 Å². The van der Waals surface area contributed by atoms with Gasteiger partial charge >= 0.3 is 5.76 Å². The number of aromatic nitrogens is 4. The van der Waals surface area contributed by atoms with Gasteiger partial charge in [-0.2, -0.15) is 5.90 Å². The standard InChI is InChI=1S/C24H21N7O6S/c25-37-38(35)16-3-1-2-13(8-16)11-26-22(32)19-10-20(28-12-27-19)23(33)29-18-7-5-14-9-15(4-6-17(14)18)21-30-24(34)36-31-21/h1-4,6,8-10,12,18H,5,7,11,25H2,(H,26,32)(H,29,33)(H,30,31,34)/p+1. The Hall–Kier alpha value is -4.53. The van der Waals surface area contributed by atoms with E-state index < -0.39 is 28.7 Å². The Morgan fingerprint density at radius 1 is 1.13 bits per heavy atom. The first-order valence-electron chi connectivity index (χ1n) is 11.4. The molecule has 0 spiro atoms. The minimum absolute atomic E-state index is 0.0238. The number of aryl methyl sites for hydroxylation is 1. The van der Waals surface area contributed by atoms with Crippen molar-refractivity contribution in [3.05, 3.63) is 93.5 Å². The second-order valence-corrected chi connectivity index (χ2v) is 9.67. The lowest BCUT2D eigenvalue weighted by Gasteiger charge is -2.14. The minimum Gasteiger partial charge on any atom is -0.347 e. The number of nitrogens with one attached hydrogen (secondary N) is 3. The molecule has 0 fully saturated rings. The molecule has 2 amide bonds. The molecule has 0 radical (unpaired) electrons. The summed E-state index contributed by atoms with van der Waals surface area (Å²) >= 11 is -2.17. The van der Waals surface area contributed by atoms with Gasteiger partial charge in [0.15, 0.2) is 10.7 Å². The zero-order valence-corrected chi connectivity index (χ0v) is 20.6. The van der Waals surface area contributed by atoms with Crippen molar-refractivity contribution in [2.45, 2.75) is 30.3 Å². The molecule has 2 unspecified atom stereocenters. The molecule has 1 aliphatic carbocycles. The molecule has 0 saturated heterocycles. The summed E-state index contributed by atoms with van der Waals surface area (Å²) < 4.78 is 20.7. The van der Waals surface area contributed by atoms with Crippen LogP contribution in [0.3, 0.4) is 0 Å². The van der Waals surface area contributed by atoms with Crippen LogP contribution in [0, 0.1) is 0 Å². The molecular formula is C24H22N7O6S+. The van der Waals surface area contributed by atoms with Crippen LogP contribution in [0.15, 0.2) is 69.1 Å². The van der Waals surface area contributed by atoms with Crippen molar-refractivity contribution >= 4 is 22.9 Å². The van der Waals surface area contributed by atoms with Crippen molar-refractivity contribution in [1.82, 2.24) is 30.7 Å². The van der Waals surface area contributed by atoms with Gasteiger partial charge in [0.1, 0.15) is 17.7 Å². The molecule has 0 aliphatic heterocycles. The fraction of sp³-hybridized carbons (Fsp3) is 0.167. The Morgan fingerprint density at radius 3 is 2.71 bits per heavy atom. The summed E-state index contributed by atoms with van der Waals surface area (Å²) in [6, 6.07) is 13.3. The highest BCUT2D eigenvalue weighted by molar-refractivity contribution is 7.80. The molecule has 194 valence electrons. The molecule has 5 N–H and O–H groups in total. The SMILES string of the molecule is NO[SH+](=O)c1cccc(CNC(=O)c2cc(C(=O)NC3CCc4cc(-c5noc(=O)[nH]5)ccc43)ncn2)c1. The van der Waals surface area contributed by atoms with Crippen molar-refractivity contribution in [2.24, 2.45) is 5.90 Å². The second-order valence-electron chi connectivity index (χ2n) is 8.43. The summed E-state index contributed by atoms with van der Waals surface area (Å²) in [5.41, 5.74) is 3.43. The number of hydrogen-bond acceptors (Lipinski definition) is 10. The largest absolute Gasteiger partial charge is 0.439 e. The van der Waals surface area contributed by atoms with Crippen molar-refractivity contribution in [3.8, 4) is 11.4 Å². The third-order valence-corrected chi connectivity index (χ3v) is 6.93. The van der Waals surface area contributed by atoms with Gasteiger partial charge in [-0.15, -0.1) is 0 Å². The highest BCUT2D eigenvalue weighted by Crippen LogP contribution is 2.33. The van der Waals surface area contributed by atoms with E-state index in [-0.39, 0.29) is 24.0 Å². The third kappa shape index (κ3) is 5.41. The molecule has 1 aliphatic rings. The van der Waals surface area contributed by atoms with Crippen LogP contribution in [0.25, 0.3) is 11.4 Å². The average Bonchev–Trinajstić information content (AvgIpc) is 3.57. The van der Waals surface area contributed by atoms with Crippen molar-refractivity contribution < 1.29 is 22.6 Å². The number of rotatable bonds is 8. The fourth-order valence-corrected chi connectivity index (χ4v) is 4.82. The summed E-state index contributed by atoms with van der Waals surface area (Å²) in [7, 11) is 0. The van der Waals surface area contributed by atoms with Gasteiger partial charge in [-0.3, -0.25) is 19.1 Å². The molecule has 2 aromatic heterocycles. The van der Waals surface area contributed by atoms with Gasteiger partial charge in [0.25, 0.3) is 22.9 Å². The Morgan fingerprint density at radius 2 is 1.95 bits per heavy atom. The molecule has 14 heteroatoms. The number of amides is 2. The maximum atomic E-state index is 12.9. The molecule has 2 atom stereocenters. The summed E-state index contributed by atoms with van der Waals surface area (Å²) in [4.78, 5) is 47.7. The number of H-pyrrole nitrogens is 1. The van der Waals surface area contributed by atoms with E-state index in [0.29, 0.717) is 28.3 Å². The van der Waals surface area contributed by atoms with Crippen LogP contribution < -0.4 is 22.3 Å². The van der Waals surface area contributed by atoms with Crippen LogP contribution in [-0.4, -0.2) is 31.9 Å². The van der Waals surface area contributed by atoms with Crippen molar-refractivity contribution in [2.75, 3.05) is 0 Å². The smallest absolute Gasteiger partial charge is 0.347 e. The Labute approximate surface area is 217 Å². The molecule has 0 saturated carbocycles. The topological polar surface area (TPSA) is 195 Å². The van der Waals surface area contributed by atoms with Crippen LogP contribution >= 0.6 is 0 Å². The Balaban J connectivity index is 1.23. The van der Waals surface area contributed by atoms with E-state index in [1.807, 2.05) is 12.1 Å². The molecule has 0 bridgehead atoms. The number of benzene rings is 2. The van der Waals surface area contributed by atoms with E-state index >= 15 is 0 Å². The number of thiol groups is 1. The molecule has 38 heavy (non-hydrogen) atoms. The minimum atomic E-state index is -2.17. The first kappa shape index (κ1) is 25.1. The number of carbonyl (C=O) groups is 2. The lowest BCUT2D eigenvalue weighted by molar-refractivity contribution is 0.0931. The first-order valence-corrected chi connectivity index (χ1v) is 12.6. The zero-order chi connectivity index (χ0) is 26.6. The fourth-order valence-electron chi connectivity index (χ4n) is 4.22. The van der Waals surface area contributed by atoms with E-state index in [4.69, 9.17) is 5.90 Å². The second kappa shape index (κ2) is 10.8. The van der Waals surface area contributed by atoms with Crippen LogP contribution in [0.1, 0.15) is 50.1 Å². The molecule has 5 rings (SSSR count). The highest BCUT2D eigenvalue weighted by Gasteiger charge is 2.26. The van der Waals surface area contributed by atoms with E-state index in [1.165, 1.54) is 6.07 Å². The van der Waals surface area contributed by atoms with Crippen LogP contribution in [-0.2, 0) is 32.5 Å². The van der Waals surface area contributed by atoms with E-state index in [2.05, 4.69) is 39.5 Å². The first-order chi connectivity index (χ1) is 18.4. The van der Waals surface area contributed by atoms with Crippen LogP contribution in [0.2, 0.25) is 0 Å². The quantitative estimate of drug-likeness (QED) is 0.143. The summed E-state index contributed by atoms with van der Waals surface area (Å²) in [5, 5.41) is 9.37.